The van der Waals surface area contributed by atoms with Gasteiger partial charge in [-0.15, -0.1) is 0 Å². The summed E-state index contributed by atoms with van der Waals surface area (Å²) in [6.07, 6.45) is 0. The zero-order chi connectivity index (χ0) is 13.1. The molecular weight excluding hydrogens is 222 g/mol. The van der Waals surface area contributed by atoms with E-state index in [2.05, 4.69) is 32.0 Å². The number of nitrogens with two attached hydrogens (primary N) is 1. The molecule has 0 amide bonds. The molecule has 2 heteroatoms. The van der Waals surface area contributed by atoms with Crippen LogP contribution in [0.1, 0.15) is 22.3 Å². The molecule has 2 rings (SSSR count). The first-order valence-corrected chi connectivity index (χ1v) is 6.11. The molecule has 0 aliphatic carbocycles. The molecule has 2 aromatic rings. The van der Waals surface area contributed by atoms with Crippen molar-refractivity contribution in [1.29, 1.82) is 0 Å². The summed E-state index contributed by atoms with van der Waals surface area (Å²) in [5.41, 5.74) is 11.5. The van der Waals surface area contributed by atoms with E-state index in [0.717, 1.165) is 11.3 Å². The van der Waals surface area contributed by atoms with Gasteiger partial charge in [-0.25, -0.2) is 0 Å². The van der Waals surface area contributed by atoms with Crippen molar-refractivity contribution in [3.8, 4) is 5.75 Å². The number of nitrogen functional groups attached to an aromatic ring is 1. The van der Waals surface area contributed by atoms with Crippen molar-refractivity contribution < 1.29 is 4.74 Å². The van der Waals surface area contributed by atoms with E-state index < -0.39 is 0 Å². The Labute approximate surface area is 108 Å². The minimum absolute atomic E-state index is 0.555. The van der Waals surface area contributed by atoms with E-state index in [0.29, 0.717) is 12.3 Å². The van der Waals surface area contributed by atoms with Gasteiger partial charge >= 0.3 is 0 Å². The van der Waals surface area contributed by atoms with E-state index in [4.69, 9.17) is 10.5 Å². The lowest BCUT2D eigenvalue weighted by molar-refractivity contribution is 0.307. The average Bonchev–Trinajstić information content (AvgIpc) is 2.30. The van der Waals surface area contributed by atoms with Crippen LogP contribution >= 0.6 is 0 Å². The van der Waals surface area contributed by atoms with Crippen LogP contribution in [0.25, 0.3) is 0 Å². The largest absolute Gasteiger partial charge is 0.487 e. The molecule has 0 aliphatic heterocycles. The maximum Gasteiger partial charge on any atom is 0.142 e. The van der Waals surface area contributed by atoms with Crippen molar-refractivity contribution in [3.63, 3.8) is 0 Å². The second-order valence-electron chi connectivity index (χ2n) is 4.76. The SMILES string of the molecule is Cc1ccc(COc2ccc(C)cc2N)c(C)c1. The van der Waals surface area contributed by atoms with Crippen LogP contribution < -0.4 is 10.5 Å². The lowest BCUT2D eigenvalue weighted by Gasteiger charge is -2.11. The van der Waals surface area contributed by atoms with Crippen molar-refractivity contribution in [2.75, 3.05) is 5.73 Å². The summed E-state index contributed by atoms with van der Waals surface area (Å²) in [5, 5.41) is 0. The zero-order valence-corrected chi connectivity index (χ0v) is 11.2. The minimum atomic E-state index is 0.555. The van der Waals surface area contributed by atoms with Gasteiger partial charge in [0.1, 0.15) is 12.4 Å². The van der Waals surface area contributed by atoms with Gasteiger partial charge in [0.05, 0.1) is 5.69 Å². The molecule has 0 aromatic heterocycles. The predicted octanol–water partition coefficient (Wildman–Crippen LogP) is 3.77. The Kier molecular flexibility index (Phi) is 3.56. The number of benzene rings is 2. The van der Waals surface area contributed by atoms with E-state index in [1.54, 1.807) is 0 Å². The van der Waals surface area contributed by atoms with Crippen LogP contribution in [0.2, 0.25) is 0 Å². The lowest BCUT2D eigenvalue weighted by atomic mass is 10.1. The van der Waals surface area contributed by atoms with Crippen LogP contribution in [0.15, 0.2) is 36.4 Å². The molecule has 0 bridgehead atoms. The summed E-state index contributed by atoms with van der Waals surface area (Å²) in [6.45, 7) is 6.77. The molecule has 0 saturated heterocycles. The smallest absolute Gasteiger partial charge is 0.142 e. The van der Waals surface area contributed by atoms with Gasteiger partial charge in [-0.2, -0.15) is 0 Å². The second-order valence-corrected chi connectivity index (χ2v) is 4.76. The fourth-order valence-corrected chi connectivity index (χ4v) is 1.96. The first-order valence-electron chi connectivity index (χ1n) is 6.11. The monoisotopic (exact) mass is 241 g/mol. The Hall–Kier alpha value is -1.96. The third-order valence-electron chi connectivity index (χ3n) is 3.05. The highest BCUT2D eigenvalue weighted by atomic mass is 16.5. The van der Waals surface area contributed by atoms with Crippen LogP contribution in [0.3, 0.4) is 0 Å². The van der Waals surface area contributed by atoms with Crippen molar-refractivity contribution in [1.82, 2.24) is 0 Å². The topological polar surface area (TPSA) is 35.2 Å². The molecule has 2 nitrogen and oxygen atoms in total. The summed E-state index contributed by atoms with van der Waals surface area (Å²) in [7, 11) is 0. The van der Waals surface area contributed by atoms with Crippen LogP contribution in [-0.2, 0) is 6.61 Å². The molecule has 0 saturated carbocycles. The number of aryl methyl sites for hydroxylation is 3. The van der Waals surface area contributed by atoms with Gasteiger partial charge in [0.25, 0.3) is 0 Å². The van der Waals surface area contributed by atoms with E-state index in [1.807, 2.05) is 25.1 Å². The molecule has 94 valence electrons. The number of anilines is 1. The van der Waals surface area contributed by atoms with Gasteiger partial charge in [-0.05, 0) is 49.6 Å². The Balaban J connectivity index is 2.11. The zero-order valence-electron chi connectivity index (χ0n) is 11.2. The van der Waals surface area contributed by atoms with Crippen LogP contribution in [0.5, 0.6) is 5.75 Å². The summed E-state index contributed by atoms with van der Waals surface area (Å²) < 4.78 is 5.77. The molecule has 2 aromatic carbocycles. The van der Waals surface area contributed by atoms with Gasteiger partial charge in [0, 0.05) is 0 Å². The van der Waals surface area contributed by atoms with Crippen molar-refractivity contribution >= 4 is 5.69 Å². The van der Waals surface area contributed by atoms with Crippen LogP contribution in [0.4, 0.5) is 5.69 Å². The highest BCUT2D eigenvalue weighted by Crippen LogP contribution is 2.23. The maximum atomic E-state index is 5.92. The summed E-state index contributed by atoms with van der Waals surface area (Å²) in [4.78, 5) is 0. The number of hydrogen-bond acceptors (Lipinski definition) is 2. The molecule has 0 heterocycles. The van der Waals surface area contributed by atoms with Gasteiger partial charge in [0.15, 0.2) is 0 Å². The van der Waals surface area contributed by atoms with E-state index in [-0.39, 0.29) is 0 Å². The molecule has 0 fully saturated rings. The highest BCUT2D eigenvalue weighted by Gasteiger charge is 2.03. The van der Waals surface area contributed by atoms with E-state index in [9.17, 15) is 0 Å². The summed E-state index contributed by atoms with van der Waals surface area (Å²) in [6, 6.07) is 12.2. The lowest BCUT2D eigenvalue weighted by Crippen LogP contribution is -2.00. The fourth-order valence-electron chi connectivity index (χ4n) is 1.96. The standard InChI is InChI=1S/C16H19NO/c1-11-4-6-14(13(3)8-11)10-18-16-7-5-12(2)9-15(16)17/h4-9H,10,17H2,1-3H3. The number of rotatable bonds is 3. The first-order chi connectivity index (χ1) is 8.56. The van der Waals surface area contributed by atoms with Gasteiger partial charge < -0.3 is 10.5 Å². The second kappa shape index (κ2) is 5.13. The van der Waals surface area contributed by atoms with Crippen molar-refractivity contribution in [3.05, 3.63) is 58.7 Å². The Bertz CT molecular complexity index is 510. The third kappa shape index (κ3) is 2.83. The number of ether oxygens (including phenoxy) is 1. The molecule has 0 atom stereocenters. The highest BCUT2D eigenvalue weighted by molar-refractivity contribution is 5.54. The molecule has 0 unspecified atom stereocenters. The van der Waals surface area contributed by atoms with Gasteiger partial charge in [-0.1, -0.05) is 29.8 Å². The molecule has 0 radical (unpaired) electrons. The Morgan fingerprint density at radius 1 is 0.944 bits per heavy atom. The van der Waals surface area contributed by atoms with Gasteiger partial charge in [-0.3, -0.25) is 0 Å². The Morgan fingerprint density at radius 3 is 2.28 bits per heavy atom. The number of hydrogen-bond donors (Lipinski definition) is 1. The molecule has 0 aliphatic rings. The molecular formula is C16H19NO. The molecule has 2 N–H and O–H groups in total. The quantitative estimate of drug-likeness (QED) is 0.830. The van der Waals surface area contributed by atoms with Gasteiger partial charge in [0.2, 0.25) is 0 Å². The third-order valence-corrected chi connectivity index (χ3v) is 3.05. The van der Waals surface area contributed by atoms with E-state index in [1.165, 1.54) is 16.7 Å². The minimum Gasteiger partial charge on any atom is -0.487 e. The molecule has 0 spiro atoms. The summed E-state index contributed by atoms with van der Waals surface area (Å²) in [5.74, 6) is 0.751. The summed E-state index contributed by atoms with van der Waals surface area (Å²) >= 11 is 0. The maximum absolute atomic E-state index is 5.92. The predicted molar refractivity (Wildman–Crippen MR) is 75.8 cm³/mol. The molecule has 18 heavy (non-hydrogen) atoms. The Morgan fingerprint density at radius 2 is 1.61 bits per heavy atom. The van der Waals surface area contributed by atoms with Crippen molar-refractivity contribution in [2.45, 2.75) is 27.4 Å². The fraction of sp³-hybridized carbons (Fsp3) is 0.250. The average molecular weight is 241 g/mol. The first kappa shape index (κ1) is 12.5. The van der Waals surface area contributed by atoms with E-state index >= 15 is 0 Å². The van der Waals surface area contributed by atoms with Crippen LogP contribution in [-0.4, -0.2) is 0 Å². The van der Waals surface area contributed by atoms with Crippen LogP contribution in [0, 0.1) is 20.8 Å². The normalized spacial score (nSPS) is 10.4. The van der Waals surface area contributed by atoms with Crippen molar-refractivity contribution in [2.24, 2.45) is 0 Å².